The number of nitrogen functional groups attached to an aromatic ring is 1. The van der Waals surface area contributed by atoms with E-state index in [0.717, 1.165) is 6.20 Å². The fraction of sp³-hybridized carbons (Fsp3) is 0.286. The number of aromatic hydroxyl groups is 1. The Morgan fingerprint density at radius 1 is 1.54 bits per heavy atom. The molecule has 0 radical (unpaired) electrons. The van der Waals surface area contributed by atoms with Crippen molar-refractivity contribution in [3.63, 3.8) is 0 Å². The summed E-state index contributed by atoms with van der Waals surface area (Å²) in [6, 6.07) is 0. The van der Waals surface area contributed by atoms with Gasteiger partial charge in [-0.1, -0.05) is 0 Å². The third-order valence-corrected chi connectivity index (χ3v) is 1.65. The van der Waals surface area contributed by atoms with E-state index in [0.29, 0.717) is 0 Å². The van der Waals surface area contributed by atoms with Gasteiger partial charge in [-0.05, 0) is 0 Å². The number of alkyl halides is 2. The lowest BCUT2D eigenvalue weighted by molar-refractivity contribution is 0.145. The number of nitrogens with zero attached hydrogens (tertiary/aromatic N) is 1. The molecular formula is C7H9F2N3O. The first-order valence-electron chi connectivity index (χ1n) is 3.52. The molecule has 6 heteroatoms. The molecule has 0 spiro atoms. The van der Waals surface area contributed by atoms with Gasteiger partial charge in [-0.2, -0.15) is 0 Å². The lowest BCUT2D eigenvalue weighted by Gasteiger charge is -2.09. The van der Waals surface area contributed by atoms with Crippen molar-refractivity contribution in [3.05, 3.63) is 17.5 Å². The first kappa shape index (κ1) is 9.66. The summed E-state index contributed by atoms with van der Waals surface area (Å²) >= 11 is 0. The SMILES string of the molecule is NCc1c(C(F)F)ncc(O)c1N. The number of pyridine rings is 1. The Balaban J connectivity index is 3.30. The fourth-order valence-corrected chi connectivity index (χ4v) is 0.973. The summed E-state index contributed by atoms with van der Waals surface area (Å²) in [6.45, 7) is -0.174. The highest BCUT2D eigenvalue weighted by atomic mass is 19.3. The molecule has 1 rings (SSSR count). The highest BCUT2D eigenvalue weighted by Crippen LogP contribution is 2.29. The zero-order valence-corrected chi connectivity index (χ0v) is 6.67. The molecule has 4 nitrogen and oxygen atoms in total. The Kier molecular flexibility index (Phi) is 2.62. The van der Waals surface area contributed by atoms with Gasteiger partial charge in [-0.25, -0.2) is 8.78 Å². The molecule has 0 atom stereocenters. The van der Waals surface area contributed by atoms with Gasteiger partial charge in [0, 0.05) is 12.1 Å². The van der Waals surface area contributed by atoms with Gasteiger partial charge in [0.25, 0.3) is 6.43 Å². The van der Waals surface area contributed by atoms with Crippen LogP contribution in [-0.2, 0) is 6.54 Å². The van der Waals surface area contributed by atoms with Crippen LogP contribution < -0.4 is 11.5 Å². The molecular weight excluding hydrogens is 180 g/mol. The van der Waals surface area contributed by atoms with Crippen molar-refractivity contribution in [2.45, 2.75) is 13.0 Å². The van der Waals surface area contributed by atoms with Gasteiger partial charge < -0.3 is 16.6 Å². The lowest BCUT2D eigenvalue weighted by atomic mass is 10.1. The van der Waals surface area contributed by atoms with Crippen LogP contribution in [0.2, 0.25) is 0 Å². The van der Waals surface area contributed by atoms with Gasteiger partial charge in [0.1, 0.15) is 5.69 Å². The second-order valence-electron chi connectivity index (χ2n) is 2.43. The Morgan fingerprint density at radius 2 is 2.15 bits per heavy atom. The van der Waals surface area contributed by atoms with E-state index in [1.54, 1.807) is 0 Å². The van der Waals surface area contributed by atoms with Crippen molar-refractivity contribution in [1.82, 2.24) is 4.98 Å². The van der Waals surface area contributed by atoms with Crippen LogP contribution in [0.1, 0.15) is 17.7 Å². The maximum Gasteiger partial charge on any atom is 0.280 e. The van der Waals surface area contributed by atoms with Crippen LogP contribution in [0, 0.1) is 0 Å². The van der Waals surface area contributed by atoms with Crippen molar-refractivity contribution in [2.75, 3.05) is 5.73 Å². The predicted octanol–water partition coefficient (Wildman–Crippen LogP) is 0.766. The van der Waals surface area contributed by atoms with E-state index in [1.807, 2.05) is 0 Å². The molecule has 1 aromatic rings. The van der Waals surface area contributed by atoms with E-state index < -0.39 is 12.1 Å². The van der Waals surface area contributed by atoms with Crippen molar-refractivity contribution < 1.29 is 13.9 Å². The van der Waals surface area contributed by atoms with Crippen LogP contribution in [0.15, 0.2) is 6.20 Å². The van der Waals surface area contributed by atoms with Crippen LogP contribution >= 0.6 is 0 Å². The largest absolute Gasteiger partial charge is 0.504 e. The van der Waals surface area contributed by atoms with Gasteiger partial charge in [0.15, 0.2) is 5.75 Å². The van der Waals surface area contributed by atoms with Crippen molar-refractivity contribution in [2.24, 2.45) is 5.73 Å². The van der Waals surface area contributed by atoms with Crippen molar-refractivity contribution >= 4 is 5.69 Å². The summed E-state index contributed by atoms with van der Waals surface area (Å²) < 4.78 is 24.5. The molecule has 0 saturated carbocycles. The average molecular weight is 189 g/mol. The summed E-state index contributed by atoms with van der Waals surface area (Å²) in [4.78, 5) is 3.35. The first-order chi connectivity index (χ1) is 6.07. The van der Waals surface area contributed by atoms with Crippen LogP contribution in [-0.4, -0.2) is 10.1 Å². The van der Waals surface area contributed by atoms with Crippen LogP contribution in [0.5, 0.6) is 5.75 Å². The Hall–Kier alpha value is -1.43. The molecule has 13 heavy (non-hydrogen) atoms. The maximum atomic E-state index is 12.3. The minimum atomic E-state index is -2.73. The molecule has 0 amide bonds. The van der Waals surface area contributed by atoms with E-state index >= 15 is 0 Å². The highest BCUT2D eigenvalue weighted by Gasteiger charge is 2.17. The molecule has 72 valence electrons. The highest BCUT2D eigenvalue weighted by molar-refractivity contribution is 5.58. The average Bonchev–Trinajstić information content (AvgIpc) is 2.09. The molecule has 0 bridgehead atoms. The number of hydrogen-bond acceptors (Lipinski definition) is 4. The summed E-state index contributed by atoms with van der Waals surface area (Å²) in [7, 11) is 0. The molecule has 0 aromatic carbocycles. The molecule has 0 aliphatic heterocycles. The molecule has 0 saturated heterocycles. The van der Waals surface area contributed by atoms with Crippen molar-refractivity contribution in [1.29, 1.82) is 0 Å². The third-order valence-electron chi connectivity index (χ3n) is 1.65. The van der Waals surface area contributed by atoms with Crippen LogP contribution in [0.25, 0.3) is 0 Å². The number of hydrogen-bond donors (Lipinski definition) is 3. The van der Waals surface area contributed by atoms with Gasteiger partial charge in [0.05, 0.1) is 11.9 Å². The maximum absolute atomic E-state index is 12.3. The minimum Gasteiger partial charge on any atom is -0.504 e. The summed E-state index contributed by atoms with van der Waals surface area (Å²) in [6.07, 6.45) is -1.85. The van der Waals surface area contributed by atoms with Gasteiger partial charge >= 0.3 is 0 Å². The summed E-state index contributed by atoms with van der Waals surface area (Å²) in [5, 5.41) is 9.05. The molecule has 0 aliphatic carbocycles. The number of nitrogens with two attached hydrogens (primary N) is 2. The molecule has 1 heterocycles. The molecule has 1 aromatic heterocycles. The fourth-order valence-electron chi connectivity index (χ4n) is 0.973. The second kappa shape index (κ2) is 3.53. The zero-order chi connectivity index (χ0) is 10.0. The van der Waals surface area contributed by atoms with Crippen LogP contribution in [0.4, 0.5) is 14.5 Å². The first-order valence-corrected chi connectivity index (χ1v) is 3.52. The molecule has 5 N–H and O–H groups in total. The normalized spacial score (nSPS) is 10.8. The second-order valence-corrected chi connectivity index (χ2v) is 2.43. The van der Waals surface area contributed by atoms with Gasteiger partial charge in [-0.15, -0.1) is 0 Å². The lowest BCUT2D eigenvalue weighted by Crippen LogP contribution is -2.08. The van der Waals surface area contributed by atoms with Crippen LogP contribution in [0.3, 0.4) is 0 Å². The van der Waals surface area contributed by atoms with Crippen molar-refractivity contribution in [3.8, 4) is 5.75 Å². The number of halogens is 2. The van der Waals surface area contributed by atoms with E-state index in [9.17, 15) is 8.78 Å². The summed E-state index contributed by atoms with van der Waals surface area (Å²) in [5.74, 6) is -0.329. The standard InChI is InChI=1S/C7H9F2N3O/c8-7(9)6-3(1-10)5(11)4(13)2-12-6/h2,7,13H,1,10H2,(H2,11,12). The number of aromatic nitrogens is 1. The number of rotatable bonds is 2. The Bertz CT molecular complexity index is 317. The Morgan fingerprint density at radius 3 is 2.62 bits per heavy atom. The van der Waals surface area contributed by atoms with E-state index in [1.165, 1.54) is 0 Å². The third kappa shape index (κ3) is 1.67. The van der Waals surface area contributed by atoms with E-state index in [2.05, 4.69) is 4.98 Å². The molecule has 0 fully saturated rings. The van der Waals surface area contributed by atoms with Gasteiger partial charge in [-0.3, -0.25) is 4.98 Å². The monoisotopic (exact) mass is 189 g/mol. The zero-order valence-electron chi connectivity index (χ0n) is 6.67. The van der Waals surface area contributed by atoms with E-state index in [4.69, 9.17) is 16.6 Å². The molecule has 0 aliphatic rings. The van der Waals surface area contributed by atoms with Gasteiger partial charge in [0.2, 0.25) is 0 Å². The minimum absolute atomic E-state index is 0.00463. The number of anilines is 1. The Labute approximate surface area is 73.2 Å². The summed E-state index contributed by atoms with van der Waals surface area (Å²) in [5.41, 5.74) is 9.91. The quantitative estimate of drug-likeness (QED) is 0.641. The smallest absolute Gasteiger partial charge is 0.280 e. The predicted molar refractivity (Wildman–Crippen MR) is 43.2 cm³/mol. The van der Waals surface area contributed by atoms with E-state index in [-0.39, 0.29) is 23.5 Å². The topological polar surface area (TPSA) is 85.2 Å². The molecule has 0 unspecified atom stereocenters.